The van der Waals surface area contributed by atoms with Gasteiger partial charge in [0, 0.05) is 18.5 Å². The average Bonchev–Trinajstić information content (AvgIpc) is 3.08. The van der Waals surface area contributed by atoms with Crippen LogP contribution in [0.1, 0.15) is 42.5 Å². The van der Waals surface area contributed by atoms with Gasteiger partial charge < -0.3 is 14.5 Å². The molecule has 29 heavy (non-hydrogen) atoms. The monoisotopic (exact) mass is 425 g/mol. The first-order chi connectivity index (χ1) is 13.8. The van der Waals surface area contributed by atoms with Crippen LogP contribution < -0.4 is 10.1 Å². The Morgan fingerprint density at radius 1 is 1.41 bits per heavy atom. The van der Waals surface area contributed by atoms with E-state index in [1.54, 1.807) is 6.92 Å². The van der Waals surface area contributed by atoms with E-state index >= 15 is 0 Å². The van der Waals surface area contributed by atoms with Crippen molar-refractivity contribution >= 4 is 28.3 Å². The predicted octanol–water partition coefficient (Wildman–Crippen LogP) is 4.60. The molecule has 1 aliphatic carbocycles. The average molecular weight is 425 g/mol. The molecule has 2 heterocycles. The Bertz CT molecular complexity index is 984. The Morgan fingerprint density at radius 3 is 2.97 bits per heavy atom. The van der Waals surface area contributed by atoms with Crippen molar-refractivity contribution in [2.24, 2.45) is 5.92 Å². The van der Waals surface area contributed by atoms with Crippen LogP contribution in [-0.2, 0) is 4.79 Å². The largest absolute Gasteiger partial charge is 0.460 e. The van der Waals surface area contributed by atoms with Crippen LogP contribution in [0.5, 0.6) is 5.19 Å². The third-order valence-corrected chi connectivity index (χ3v) is 5.76. The minimum Gasteiger partial charge on any atom is -0.460 e. The molecule has 0 unspecified atom stereocenters. The highest BCUT2D eigenvalue weighted by Crippen LogP contribution is 2.49. The summed E-state index contributed by atoms with van der Waals surface area (Å²) in [5.74, 6) is 0.829. The van der Waals surface area contributed by atoms with Gasteiger partial charge in [-0.25, -0.2) is 9.97 Å². The quantitative estimate of drug-likeness (QED) is 0.599. The van der Waals surface area contributed by atoms with Gasteiger partial charge in [0.05, 0.1) is 10.9 Å². The molecular formula is C19H18F3N3O3S. The van der Waals surface area contributed by atoms with E-state index in [0.29, 0.717) is 17.2 Å². The van der Waals surface area contributed by atoms with Gasteiger partial charge in [0.25, 0.3) is 5.19 Å². The number of carbonyl (C=O) groups excluding carboxylic acids is 1. The number of nitrogens with zero attached hydrogens (tertiary/aromatic N) is 2. The van der Waals surface area contributed by atoms with Gasteiger partial charge in [-0.1, -0.05) is 23.5 Å². The molecule has 0 bridgehead atoms. The summed E-state index contributed by atoms with van der Waals surface area (Å²) in [6, 6.07) is 7.15. The van der Waals surface area contributed by atoms with E-state index in [1.165, 1.54) is 6.20 Å². The lowest BCUT2D eigenvalue weighted by molar-refractivity contribution is -0.153. The molecular weight excluding hydrogens is 407 g/mol. The van der Waals surface area contributed by atoms with Crippen molar-refractivity contribution in [3.8, 4) is 5.19 Å². The number of hydrogen-bond donors (Lipinski definition) is 1. The third-order valence-electron chi connectivity index (χ3n) is 4.66. The van der Waals surface area contributed by atoms with Crippen LogP contribution in [0.25, 0.3) is 11.1 Å². The van der Waals surface area contributed by atoms with Crippen molar-refractivity contribution in [2.45, 2.75) is 37.9 Å². The van der Waals surface area contributed by atoms with E-state index in [1.807, 2.05) is 24.3 Å². The fourth-order valence-electron chi connectivity index (χ4n) is 3.11. The zero-order valence-corrected chi connectivity index (χ0v) is 16.2. The first kappa shape index (κ1) is 19.7. The summed E-state index contributed by atoms with van der Waals surface area (Å²) < 4.78 is 47.0. The number of amides is 1. The number of para-hydroxylation sites is 2. The zero-order valence-electron chi connectivity index (χ0n) is 15.4. The number of ether oxygens (including phenoxy) is 1. The number of hydrogen-bond acceptors (Lipinski definition) is 6. The molecule has 1 aliphatic rings. The number of aromatic nitrogens is 2. The molecule has 1 saturated carbocycles. The van der Waals surface area contributed by atoms with Gasteiger partial charge in [-0.3, -0.25) is 4.79 Å². The lowest BCUT2D eigenvalue weighted by Crippen LogP contribution is -2.26. The fourth-order valence-corrected chi connectivity index (χ4v) is 3.88. The molecule has 3 aromatic rings. The highest BCUT2D eigenvalue weighted by molar-refractivity contribution is 7.13. The van der Waals surface area contributed by atoms with Gasteiger partial charge in [0.2, 0.25) is 5.91 Å². The van der Waals surface area contributed by atoms with Crippen molar-refractivity contribution in [3.05, 3.63) is 41.2 Å². The van der Waals surface area contributed by atoms with E-state index in [9.17, 15) is 18.0 Å². The summed E-state index contributed by atoms with van der Waals surface area (Å²) in [5, 5.41) is 2.78. The van der Waals surface area contributed by atoms with Crippen LogP contribution in [-0.4, -0.2) is 28.7 Å². The van der Waals surface area contributed by atoms with Crippen LogP contribution in [0, 0.1) is 5.92 Å². The molecule has 4 rings (SSSR count). The van der Waals surface area contributed by atoms with E-state index in [-0.39, 0.29) is 29.0 Å². The Balaban J connectivity index is 1.27. The topological polar surface area (TPSA) is 77.3 Å². The van der Waals surface area contributed by atoms with Gasteiger partial charge in [-0.2, -0.15) is 13.2 Å². The lowest BCUT2D eigenvalue weighted by atomic mass is 10.2. The van der Waals surface area contributed by atoms with Crippen molar-refractivity contribution in [1.29, 1.82) is 0 Å². The van der Waals surface area contributed by atoms with E-state index < -0.39 is 12.8 Å². The molecule has 3 atom stereocenters. The zero-order chi connectivity index (χ0) is 20.6. The van der Waals surface area contributed by atoms with E-state index in [4.69, 9.17) is 4.42 Å². The highest BCUT2D eigenvalue weighted by atomic mass is 32.1. The summed E-state index contributed by atoms with van der Waals surface area (Å²) in [5.41, 5.74) is 1.54. The number of nitrogens with one attached hydrogen (secondary N) is 1. The molecule has 1 aromatic carbocycles. The van der Waals surface area contributed by atoms with Crippen LogP contribution in [0.3, 0.4) is 0 Å². The molecule has 0 aliphatic heterocycles. The fraction of sp³-hybridized carbons (Fsp3) is 0.421. The maximum atomic E-state index is 12.3. The maximum Gasteiger partial charge on any atom is 0.422 e. The van der Waals surface area contributed by atoms with Crippen molar-refractivity contribution in [1.82, 2.24) is 15.3 Å². The molecule has 1 fully saturated rings. The van der Waals surface area contributed by atoms with E-state index in [2.05, 4.69) is 20.0 Å². The van der Waals surface area contributed by atoms with E-state index in [0.717, 1.165) is 28.9 Å². The van der Waals surface area contributed by atoms with Gasteiger partial charge in [0.1, 0.15) is 5.52 Å². The standard InChI is InChI=1S/C19H18F3N3O3S/c1-10(15-8-23-18(29-15)27-9-19(20,21)22)24-16(26)7-11-6-12(11)17-25-13-4-2-3-5-14(13)28-17/h2-5,8,10-12H,6-7,9H2,1H3,(H,24,26)/t10-,11+,12+/m1/s1. The second-order valence-corrected chi connectivity index (χ2v) is 8.07. The van der Waals surface area contributed by atoms with Gasteiger partial charge >= 0.3 is 6.18 Å². The van der Waals surface area contributed by atoms with Crippen molar-refractivity contribution in [2.75, 3.05) is 6.61 Å². The summed E-state index contributed by atoms with van der Waals surface area (Å²) in [7, 11) is 0. The summed E-state index contributed by atoms with van der Waals surface area (Å²) in [6.45, 7) is 0.365. The second kappa shape index (κ2) is 7.66. The Morgan fingerprint density at radius 2 is 2.21 bits per heavy atom. The van der Waals surface area contributed by atoms with Crippen LogP contribution in [0.15, 0.2) is 34.9 Å². The number of halogens is 3. The molecule has 1 amide bonds. The Labute approximate surface area is 168 Å². The van der Waals surface area contributed by atoms with Gasteiger partial charge in [0.15, 0.2) is 18.1 Å². The number of fused-ring (bicyclic) bond motifs is 1. The smallest absolute Gasteiger partial charge is 0.422 e. The molecule has 154 valence electrons. The number of alkyl halides is 3. The molecule has 1 N–H and O–H groups in total. The van der Waals surface area contributed by atoms with Crippen molar-refractivity contribution < 1.29 is 27.1 Å². The molecule has 10 heteroatoms. The first-order valence-electron chi connectivity index (χ1n) is 9.08. The predicted molar refractivity (Wildman–Crippen MR) is 99.7 cm³/mol. The van der Waals surface area contributed by atoms with Crippen molar-refractivity contribution in [3.63, 3.8) is 0 Å². The van der Waals surface area contributed by atoms with Crippen LogP contribution >= 0.6 is 11.3 Å². The lowest BCUT2D eigenvalue weighted by Gasteiger charge is -2.11. The normalized spacial score (nSPS) is 19.9. The highest BCUT2D eigenvalue weighted by Gasteiger charge is 2.43. The second-order valence-electron chi connectivity index (χ2n) is 7.05. The SMILES string of the molecule is C[C@@H](NC(=O)C[C@@H]1C[C@@H]1c1nc2ccccc2o1)c1cnc(OCC(F)(F)F)s1. The molecule has 0 spiro atoms. The molecule has 0 saturated heterocycles. The number of rotatable bonds is 7. The number of thiazole rings is 1. The first-order valence-corrected chi connectivity index (χ1v) is 9.90. The van der Waals surface area contributed by atoms with Gasteiger partial charge in [-0.15, -0.1) is 0 Å². The third kappa shape index (κ3) is 4.87. The number of carbonyl (C=O) groups is 1. The Kier molecular flexibility index (Phi) is 5.20. The van der Waals surface area contributed by atoms with Gasteiger partial charge in [-0.05, 0) is 31.4 Å². The molecule has 2 aromatic heterocycles. The minimum atomic E-state index is -4.42. The number of oxazole rings is 1. The molecule has 0 radical (unpaired) electrons. The van der Waals surface area contributed by atoms with Crippen LogP contribution in [0.4, 0.5) is 13.2 Å². The Hall–Kier alpha value is -2.62. The summed E-state index contributed by atoms with van der Waals surface area (Å²) in [4.78, 5) is 21.3. The minimum absolute atomic E-state index is 0.0726. The summed E-state index contributed by atoms with van der Waals surface area (Å²) >= 11 is 0.985. The summed E-state index contributed by atoms with van der Waals surface area (Å²) in [6.07, 6.45) is -1.82. The maximum absolute atomic E-state index is 12.3. The number of benzene rings is 1. The van der Waals surface area contributed by atoms with Crippen LogP contribution in [0.2, 0.25) is 0 Å². The molecule has 6 nitrogen and oxygen atoms in total.